The molecule has 0 radical (unpaired) electrons. The number of benzene rings is 1. The SMILES string of the molecule is CCCC=Cc1ccc(-c2c(C)c(C(=O)N3CCCC3)nn2-c2ccc(Cl)cc2Cl)s1. The molecule has 2 aromatic heterocycles. The molecule has 0 aliphatic carbocycles. The maximum Gasteiger partial charge on any atom is 0.274 e. The third-order valence-electron chi connectivity index (χ3n) is 5.45. The predicted octanol–water partition coefficient (Wildman–Crippen LogP) is 7.27. The molecule has 0 atom stereocenters. The van der Waals surface area contributed by atoms with E-state index in [1.165, 1.54) is 4.88 Å². The highest BCUT2D eigenvalue weighted by Gasteiger charge is 2.28. The van der Waals surface area contributed by atoms with Gasteiger partial charge >= 0.3 is 0 Å². The molecule has 3 aromatic rings. The number of likely N-dealkylation sites (tertiary alicyclic amines) is 1. The van der Waals surface area contributed by atoms with Gasteiger partial charge in [0.15, 0.2) is 5.69 Å². The first-order chi connectivity index (χ1) is 15.0. The number of hydrogen-bond acceptors (Lipinski definition) is 3. The van der Waals surface area contributed by atoms with Crippen molar-refractivity contribution in [2.24, 2.45) is 0 Å². The van der Waals surface area contributed by atoms with Crippen LogP contribution in [0, 0.1) is 6.92 Å². The summed E-state index contributed by atoms with van der Waals surface area (Å²) in [5, 5.41) is 5.82. The second kappa shape index (κ2) is 9.60. The highest BCUT2D eigenvalue weighted by atomic mass is 35.5. The average Bonchev–Trinajstić information content (AvgIpc) is 3.48. The molecule has 7 heteroatoms. The molecule has 1 aliphatic heterocycles. The van der Waals surface area contributed by atoms with Crippen molar-refractivity contribution in [1.82, 2.24) is 14.7 Å². The fourth-order valence-electron chi connectivity index (χ4n) is 3.82. The Hall–Kier alpha value is -2.08. The smallest absolute Gasteiger partial charge is 0.274 e. The third-order valence-corrected chi connectivity index (χ3v) is 7.05. The number of halogens is 2. The molecule has 162 valence electrons. The second-order valence-electron chi connectivity index (χ2n) is 7.72. The number of carbonyl (C=O) groups is 1. The van der Waals surface area contributed by atoms with E-state index in [0.717, 1.165) is 54.9 Å². The van der Waals surface area contributed by atoms with Gasteiger partial charge in [-0.2, -0.15) is 5.10 Å². The van der Waals surface area contributed by atoms with Crippen LogP contribution in [0.1, 0.15) is 53.5 Å². The van der Waals surface area contributed by atoms with E-state index in [4.69, 9.17) is 28.3 Å². The fourth-order valence-corrected chi connectivity index (χ4v) is 5.34. The van der Waals surface area contributed by atoms with Crippen LogP contribution in [0.2, 0.25) is 10.0 Å². The molecule has 1 amide bonds. The van der Waals surface area contributed by atoms with Crippen molar-refractivity contribution < 1.29 is 4.79 Å². The van der Waals surface area contributed by atoms with Crippen molar-refractivity contribution in [2.75, 3.05) is 13.1 Å². The van der Waals surface area contributed by atoms with Crippen molar-refractivity contribution in [3.05, 3.63) is 62.6 Å². The monoisotopic (exact) mass is 473 g/mol. The van der Waals surface area contributed by atoms with Gasteiger partial charge < -0.3 is 4.90 Å². The summed E-state index contributed by atoms with van der Waals surface area (Å²) >= 11 is 14.3. The first-order valence-corrected chi connectivity index (χ1v) is 12.2. The Bertz CT molecular complexity index is 1130. The van der Waals surface area contributed by atoms with Gasteiger partial charge in [-0.1, -0.05) is 42.6 Å². The van der Waals surface area contributed by atoms with Gasteiger partial charge in [-0.05, 0) is 62.6 Å². The van der Waals surface area contributed by atoms with Crippen LogP contribution in [0.3, 0.4) is 0 Å². The molecule has 31 heavy (non-hydrogen) atoms. The predicted molar refractivity (Wildman–Crippen MR) is 131 cm³/mol. The Kier molecular flexibility index (Phi) is 6.85. The summed E-state index contributed by atoms with van der Waals surface area (Å²) in [6.07, 6.45) is 8.60. The summed E-state index contributed by atoms with van der Waals surface area (Å²) in [5.74, 6) is -0.0142. The maximum atomic E-state index is 13.2. The van der Waals surface area contributed by atoms with Crippen molar-refractivity contribution in [3.8, 4) is 16.3 Å². The molecule has 0 spiro atoms. The average molecular weight is 474 g/mol. The molecule has 0 unspecified atom stereocenters. The van der Waals surface area contributed by atoms with Crippen molar-refractivity contribution in [1.29, 1.82) is 0 Å². The van der Waals surface area contributed by atoms with Crippen LogP contribution in [0.15, 0.2) is 36.4 Å². The number of aromatic nitrogens is 2. The molecule has 0 N–H and O–H groups in total. The Morgan fingerprint density at radius 1 is 1.19 bits per heavy atom. The summed E-state index contributed by atoms with van der Waals surface area (Å²) in [6.45, 7) is 5.71. The Morgan fingerprint density at radius 3 is 2.68 bits per heavy atom. The molecule has 1 fully saturated rings. The number of unbranched alkanes of at least 4 members (excludes halogenated alkanes) is 1. The molecular weight excluding hydrogens is 449 g/mol. The number of thiophene rings is 1. The van der Waals surface area contributed by atoms with Crippen LogP contribution in [0.4, 0.5) is 0 Å². The molecule has 1 aromatic carbocycles. The lowest BCUT2D eigenvalue weighted by molar-refractivity contribution is 0.0786. The molecule has 1 aliphatic rings. The Labute approximate surface area is 197 Å². The standard InChI is InChI=1S/C24H25Cl2N3OS/c1-3-4-5-8-18-10-12-21(31-18)23-16(2)22(24(30)28-13-6-7-14-28)27-29(23)20-11-9-17(25)15-19(20)26/h5,8-12,15H,3-4,6-7,13-14H2,1-2H3. The molecule has 0 bridgehead atoms. The normalized spacial score (nSPS) is 14.1. The maximum absolute atomic E-state index is 13.2. The number of carbonyl (C=O) groups excluding carboxylic acids is 1. The lowest BCUT2D eigenvalue weighted by atomic mass is 10.1. The van der Waals surface area contributed by atoms with E-state index in [2.05, 4.69) is 31.2 Å². The fraction of sp³-hybridized carbons (Fsp3) is 0.333. The van der Waals surface area contributed by atoms with Gasteiger partial charge in [0, 0.05) is 28.6 Å². The van der Waals surface area contributed by atoms with Crippen LogP contribution in [-0.2, 0) is 0 Å². The summed E-state index contributed by atoms with van der Waals surface area (Å²) in [4.78, 5) is 17.3. The van der Waals surface area contributed by atoms with Crippen LogP contribution >= 0.6 is 34.5 Å². The van der Waals surface area contributed by atoms with Gasteiger partial charge in [0.25, 0.3) is 5.91 Å². The van der Waals surface area contributed by atoms with Crippen molar-refractivity contribution in [3.63, 3.8) is 0 Å². The number of rotatable bonds is 6. The Morgan fingerprint density at radius 2 is 1.97 bits per heavy atom. The van der Waals surface area contributed by atoms with E-state index in [1.54, 1.807) is 28.2 Å². The van der Waals surface area contributed by atoms with E-state index in [0.29, 0.717) is 21.4 Å². The zero-order chi connectivity index (χ0) is 22.0. The lowest BCUT2D eigenvalue weighted by Gasteiger charge is -2.13. The van der Waals surface area contributed by atoms with E-state index >= 15 is 0 Å². The van der Waals surface area contributed by atoms with Crippen molar-refractivity contribution in [2.45, 2.75) is 39.5 Å². The van der Waals surface area contributed by atoms with Crippen molar-refractivity contribution >= 4 is 46.5 Å². The van der Waals surface area contributed by atoms with Crippen LogP contribution in [0.5, 0.6) is 0 Å². The van der Waals surface area contributed by atoms with E-state index in [1.807, 2.05) is 17.9 Å². The van der Waals surface area contributed by atoms with E-state index in [9.17, 15) is 4.79 Å². The van der Waals surface area contributed by atoms with Gasteiger partial charge in [-0.3, -0.25) is 4.79 Å². The minimum Gasteiger partial charge on any atom is -0.337 e. The quantitative estimate of drug-likeness (QED) is 0.377. The highest BCUT2D eigenvalue weighted by Crippen LogP contribution is 2.37. The number of allylic oxidation sites excluding steroid dienone is 1. The third kappa shape index (κ3) is 4.59. The lowest BCUT2D eigenvalue weighted by Crippen LogP contribution is -2.28. The topological polar surface area (TPSA) is 38.1 Å². The van der Waals surface area contributed by atoms with E-state index in [-0.39, 0.29) is 5.91 Å². The number of nitrogens with zero attached hydrogens (tertiary/aromatic N) is 3. The van der Waals surface area contributed by atoms with Crippen LogP contribution < -0.4 is 0 Å². The molecule has 0 saturated carbocycles. The number of amides is 1. The van der Waals surface area contributed by atoms with Gasteiger partial charge in [-0.15, -0.1) is 11.3 Å². The Balaban J connectivity index is 1.83. The minimum atomic E-state index is -0.0142. The van der Waals surface area contributed by atoms with Gasteiger partial charge in [0.05, 0.1) is 21.3 Å². The van der Waals surface area contributed by atoms with Crippen LogP contribution in [0.25, 0.3) is 22.3 Å². The molecule has 3 heterocycles. The number of hydrogen-bond donors (Lipinski definition) is 0. The summed E-state index contributed by atoms with van der Waals surface area (Å²) in [6, 6.07) is 9.53. The summed E-state index contributed by atoms with van der Waals surface area (Å²) < 4.78 is 1.79. The van der Waals surface area contributed by atoms with Gasteiger partial charge in [0.2, 0.25) is 0 Å². The van der Waals surface area contributed by atoms with E-state index < -0.39 is 0 Å². The minimum absolute atomic E-state index is 0.0142. The summed E-state index contributed by atoms with van der Waals surface area (Å²) in [5.41, 5.74) is 2.96. The largest absolute Gasteiger partial charge is 0.337 e. The van der Waals surface area contributed by atoms with Gasteiger partial charge in [-0.25, -0.2) is 4.68 Å². The molecule has 4 rings (SSSR count). The molecule has 1 saturated heterocycles. The summed E-state index contributed by atoms with van der Waals surface area (Å²) in [7, 11) is 0. The second-order valence-corrected chi connectivity index (χ2v) is 9.68. The van der Waals surface area contributed by atoms with Gasteiger partial charge in [0.1, 0.15) is 0 Å². The molecular formula is C24H25Cl2N3OS. The first-order valence-electron chi connectivity index (χ1n) is 10.6. The highest BCUT2D eigenvalue weighted by molar-refractivity contribution is 7.16. The zero-order valence-electron chi connectivity index (χ0n) is 17.7. The van der Waals surface area contributed by atoms with Crippen LogP contribution in [-0.4, -0.2) is 33.7 Å². The molecule has 4 nitrogen and oxygen atoms in total. The zero-order valence-corrected chi connectivity index (χ0v) is 20.0. The first kappa shape index (κ1) is 22.1.